The van der Waals surface area contributed by atoms with Crippen LogP contribution >= 0.6 is 24.8 Å². The van der Waals surface area contributed by atoms with Gasteiger partial charge in [0.2, 0.25) is 5.91 Å². The second kappa shape index (κ2) is 10.8. The van der Waals surface area contributed by atoms with Crippen LogP contribution in [0.25, 0.3) is 0 Å². The number of aryl methyl sites for hydroxylation is 1. The maximum absolute atomic E-state index is 12.6. The fourth-order valence-electron chi connectivity index (χ4n) is 7.17. The van der Waals surface area contributed by atoms with Crippen molar-refractivity contribution in [3.63, 3.8) is 0 Å². The summed E-state index contributed by atoms with van der Waals surface area (Å²) in [5.41, 5.74) is 1.74. The van der Waals surface area contributed by atoms with Crippen LogP contribution in [0, 0.1) is 22.7 Å². The molecule has 33 heavy (non-hydrogen) atoms. The van der Waals surface area contributed by atoms with Crippen LogP contribution in [0.4, 0.5) is 0 Å². The zero-order chi connectivity index (χ0) is 21.3. The van der Waals surface area contributed by atoms with E-state index in [1.807, 2.05) is 12.1 Å². The molecule has 4 aliphatic carbocycles. The van der Waals surface area contributed by atoms with E-state index in [-0.39, 0.29) is 42.2 Å². The van der Waals surface area contributed by atoms with E-state index in [1.165, 1.54) is 38.5 Å². The topological polar surface area (TPSA) is 98.6 Å². The normalized spacial score (nSPS) is 33.7. The van der Waals surface area contributed by atoms with E-state index in [4.69, 9.17) is 0 Å². The van der Waals surface area contributed by atoms with Gasteiger partial charge in [0.05, 0.1) is 12.6 Å². The molecule has 0 spiro atoms. The van der Waals surface area contributed by atoms with E-state index in [0.717, 1.165) is 42.9 Å². The number of carbonyl (C=O) groups excluding carboxylic acids is 1. The summed E-state index contributed by atoms with van der Waals surface area (Å²) in [7, 11) is 0. The minimum absolute atomic E-state index is 0. The number of aliphatic hydroxyl groups excluding tert-OH is 1. The molecule has 1 aliphatic heterocycles. The summed E-state index contributed by atoms with van der Waals surface area (Å²) >= 11 is 0. The van der Waals surface area contributed by atoms with Crippen molar-refractivity contribution in [2.24, 2.45) is 27.7 Å². The summed E-state index contributed by atoms with van der Waals surface area (Å²) < 4.78 is 0. The van der Waals surface area contributed by atoms with Crippen LogP contribution in [0.15, 0.2) is 29.5 Å². The molecule has 4 saturated carbocycles. The molecular weight excluding hydrogens is 461 g/mol. The van der Waals surface area contributed by atoms with Gasteiger partial charge in [-0.1, -0.05) is 0 Å². The number of nitrogens with zero attached hydrogens (tertiary/aromatic N) is 2. The van der Waals surface area contributed by atoms with Crippen LogP contribution < -0.4 is 16.0 Å². The van der Waals surface area contributed by atoms with Gasteiger partial charge in [0.1, 0.15) is 0 Å². The molecule has 4 fully saturated rings. The summed E-state index contributed by atoms with van der Waals surface area (Å²) in [6.45, 7) is 2.81. The summed E-state index contributed by atoms with van der Waals surface area (Å²) in [6, 6.07) is 3.96. The van der Waals surface area contributed by atoms with Crippen molar-refractivity contribution in [3.05, 3.63) is 30.1 Å². The van der Waals surface area contributed by atoms with E-state index < -0.39 is 0 Å². The number of hydrogen-bond donors (Lipinski definition) is 4. The van der Waals surface area contributed by atoms with Crippen molar-refractivity contribution in [1.82, 2.24) is 20.9 Å². The largest absolute Gasteiger partial charge is 0.389 e. The summed E-state index contributed by atoms with van der Waals surface area (Å²) in [5, 5.41) is 19.7. The standard InChI is InChI=1S/C24H35N5O2.2ClH/c30-20-12-26-22(27-13-20)29-16-24-10-18-7-19(11-24)9-23(8-18,14-24)15-28-21(31)2-1-17-3-5-25-6-4-17;;/h3-6,18-20,30H,1-2,7-16H2,(H,28,31)(H2,26,27,29);2*1H. The zero-order valence-corrected chi connectivity index (χ0v) is 20.7. The van der Waals surface area contributed by atoms with E-state index in [0.29, 0.717) is 24.9 Å². The highest BCUT2D eigenvalue weighted by atomic mass is 35.5. The predicted octanol–water partition coefficient (Wildman–Crippen LogP) is 2.47. The van der Waals surface area contributed by atoms with Crippen molar-refractivity contribution in [3.8, 4) is 0 Å². The third-order valence-corrected chi connectivity index (χ3v) is 7.95. The number of pyridine rings is 1. The summed E-state index contributed by atoms with van der Waals surface area (Å²) in [4.78, 5) is 21.0. The number of amides is 1. The van der Waals surface area contributed by atoms with Gasteiger partial charge in [0.25, 0.3) is 0 Å². The average Bonchev–Trinajstić information content (AvgIpc) is 2.76. The number of guanidine groups is 1. The van der Waals surface area contributed by atoms with Crippen molar-refractivity contribution in [2.45, 2.75) is 57.5 Å². The molecule has 7 nitrogen and oxygen atoms in total. The third-order valence-electron chi connectivity index (χ3n) is 7.95. The number of hydrogen-bond acceptors (Lipinski definition) is 6. The number of rotatable bonds is 7. The van der Waals surface area contributed by atoms with Gasteiger partial charge in [0, 0.05) is 38.4 Å². The van der Waals surface area contributed by atoms with E-state index in [9.17, 15) is 9.90 Å². The molecule has 9 heteroatoms. The molecule has 6 rings (SSSR count). The Bertz CT molecular complexity index is 823. The van der Waals surface area contributed by atoms with Crippen LogP contribution in [0.2, 0.25) is 0 Å². The van der Waals surface area contributed by atoms with Gasteiger partial charge >= 0.3 is 0 Å². The van der Waals surface area contributed by atoms with Gasteiger partial charge in [-0.2, -0.15) is 0 Å². The first-order valence-corrected chi connectivity index (χ1v) is 11.9. The first kappa shape index (κ1) is 26.0. The maximum atomic E-state index is 12.6. The lowest BCUT2D eigenvalue weighted by Crippen LogP contribution is -2.59. The molecule has 0 saturated heterocycles. The lowest BCUT2D eigenvalue weighted by Gasteiger charge is -2.62. The van der Waals surface area contributed by atoms with Crippen LogP contribution in [0.1, 0.15) is 50.5 Å². The number of nitrogens with one attached hydrogen (secondary N) is 3. The van der Waals surface area contributed by atoms with Crippen LogP contribution in [0.3, 0.4) is 0 Å². The minimum atomic E-state index is -0.379. The molecule has 5 aliphatic rings. The molecule has 1 amide bonds. The minimum Gasteiger partial charge on any atom is -0.389 e. The average molecular weight is 498 g/mol. The zero-order valence-electron chi connectivity index (χ0n) is 19.1. The monoisotopic (exact) mass is 497 g/mol. The number of aliphatic imine (C=N–C) groups is 1. The second-order valence-electron chi connectivity index (χ2n) is 10.7. The molecule has 4 N–H and O–H groups in total. The third kappa shape index (κ3) is 6.11. The first-order valence-electron chi connectivity index (χ1n) is 11.9. The first-order chi connectivity index (χ1) is 15.0. The molecule has 2 heterocycles. The molecule has 3 atom stereocenters. The Kier molecular flexibility index (Phi) is 8.51. The van der Waals surface area contributed by atoms with Crippen LogP contribution in [0.5, 0.6) is 0 Å². The van der Waals surface area contributed by atoms with E-state index in [1.54, 1.807) is 12.4 Å². The molecule has 184 valence electrons. The molecule has 0 radical (unpaired) electrons. The predicted molar refractivity (Wildman–Crippen MR) is 134 cm³/mol. The number of carbonyl (C=O) groups is 1. The molecule has 3 unspecified atom stereocenters. The van der Waals surface area contributed by atoms with Gasteiger partial charge in [-0.3, -0.25) is 14.8 Å². The van der Waals surface area contributed by atoms with E-state index >= 15 is 0 Å². The fourth-order valence-corrected chi connectivity index (χ4v) is 7.17. The number of aliphatic hydroxyl groups is 1. The van der Waals surface area contributed by atoms with Gasteiger partial charge in [0.15, 0.2) is 5.96 Å². The Balaban J connectivity index is 0.00000153. The summed E-state index contributed by atoms with van der Waals surface area (Å²) in [5.74, 6) is 2.58. The second-order valence-corrected chi connectivity index (χ2v) is 10.7. The fraction of sp³-hybridized carbons (Fsp3) is 0.708. The number of aromatic nitrogens is 1. The highest BCUT2D eigenvalue weighted by Gasteiger charge is 2.57. The SMILES string of the molecule is Cl.Cl.O=C(CCc1ccncc1)NCC12CC3CC(C1)CC(CNC1=NCC(O)CN1)(C3)C2. The van der Waals surface area contributed by atoms with Gasteiger partial charge in [-0.05, 0) is 85.3 Å². The smallest absolute Gasteiger partial charge is 0.220 e. The lowest BCUT2D eigenvalue weighted by atomic mass is 9.44. The van der Waals surface area contributed by atoms with Gasteiger partial charge in [-0.15, -0.1) is 24.8 Å². The Morgan fingerprint density at radius 3 is 2.39 bits per heavy atom. The quantitative estimate of drug-likeness (QED) is 0.463. The molecule has 1 aromatic rings. The van der Waals surface area contributed by atoms with Crippen molar-refractivity contribution >= 4 is 36.7 Å². The molecular formula is C24H37Cl2N5O2. The molecule has 4 bridgehead atoms. The van der Waals surface area contributed by atoms with Crippen LogP contribution in [-0.4, -0.2) is 54.2 Å². The molecule has 0 aromatic carbocycles. The van der Waals surface area contributed by atoms with Crippen molar-refractivity contribution < 1.29 is 9.90 Å². The van der Waals surface area contributed by atoms with Gasteiger partial charge < -0.3 is 21.1 Å². The van der Waals surface area contributed by atoms with Crippen LogP contribution in [-0.2, 0) is 11.2 Å². The maximum Gasteiger partial charge on any atom is 0.220 e. The highest BCUT2D eigenvalue weighted by molar-refractivity contribution is 5.85. The Labute approximate surface area is 208 Å². The Hall–Kier alpha value is -1.57. The van der Waals surface area contributed by atoms with Crippen molar-refractivity contribution in [1.29, 1.82) is 0 Å². The Morgan fingerprint density at radius 2 is 1.76 bits per heavy atom. The number of halogens is 2. The lowest BCUT2D eigenvalue weighted by molar-refractivity contribution is -0.127. The highest BCUT2D eigenvalue weighted by Crippen LogP contribution is 2.64. The van der Waals surface area contributed by atoms with Crippen molar-refractivity contribution in [2.75, 3.05) is 26.2 Å². The van der Waals surface area contributed by atoms with Gasteiger partial charge in [-0.25, -0.2) is 0 Å². The molecule has 1 aromatic heterocycles. The summed E-state index contributed by atoms with van der Waals surface area (Å²) in [6.07, 6.45) is 12.2. The number of β-amino-alcohol motifs (C(OH)–C–C–N with tert-alkyl or cyclic N) is 1. The Morgan fingerprint density at radius 1 is 1.09 bits per heavy atom. The van der Waals surface area contributed by atoms with E-state index in [2.05, 4.69) is 25.9 Å².